The molecule has 102 valence electrons. The first-order chi connectivity index (χ1) is 9.11. The van der Waals surface area contributed by atoms with Crippen LogP contribution < -0.4 is 0 Å². The van der Waals surface area contributed by atoms with Gasteiger partial charge in [-0.2, -0.15) is 5.10 Å². The Balaban J connectivity index is 2.25. The summed E-state index contributed by atoms with van der Waals surface area (Å²) in [7, 11) is 2.13. The predicted molar refractivity (Wildman–Crippen MR) is 80.4 cm³/mol. The van der Waals surface area contributed by atoms with E-state index in [1.807, 2.05) is 25.3 Å². The van der Waals surface area contributed by atoms with E-state index in [1.165, 1.54) is 5.56 Å². The lowest BCUT2D eigenvalue weighted by molar-refractivity contribution is 0.328. The molecule has 0 atom stereocenters. The molecule has 0 spiro atoms. The maximum absolute atomic E-state index is 6.19. The summed E-state index contributed by atoms with van der Waals surface area (Å²) in [5, 5.41) is 8.10. The van der Waals surface area contributed by atoms with E-state index in [1.54, 1.807) is 0 Å². The van der Waals surface area contributed by atoms with Crippen LogP contribution in [0.3, 0.4) is 0 Å². The van der Waals surface area contributed by atoms with Crippen LogP contribution in [0.1, 0.15) is 24.5 Å². The summed E-state index contributed by atoms with van der Waals surface area (Å²) >= 11 is 6.19. The third kappa shape index (κ3) is 3.37. The average molecular weight is 278 g/mol. The monoisotopic (exact) mass is 277 g/mol. The fourth-order valence-corrected chi connectivity index (χ4v) is 2.36. The Morgan fingerprint density at radius 1 is 1.37 bits per heavy atom. The predicted octanol–water partition coefficient (Wildman–Crippen LogP) is 3.88. The molecule has 0 amide bonds. The number of aryl methyl sites for hydroxylation is 1. The summed E-state index contributed by atoms with van der Waals surface area (Å²) in [6.07, 6.45) is 3.12. The molecule has 3 nitrogen and oxygen atoms in total. The van der Waals surface area contributed by atoms with Crippen LogP contribution in [-0.4, -0.2) is 28.7 Å². The molecule has 2 rings (SSSR count). The molecule has 0 saturated carbocycles. The number of nitrogens with zero attached hydrogens (tertiary/aromatic N) is 2. The van der Waals surface area contributed by atoms with E-state index in [-0.39, 0.29) is 0 Å². The summed E-state index contributed by atoms with van der Waals surface area (Å²) in [6.45, 7) is 6.17. The molecule has 1 aromatic heterocycles. The van der Waals surface area contributed by atoms with E-state index < -0.39 is 0 Å². The quantitative estimate of drug-likeness (QED) is 0.899. The van der Waals surface area contributed by atoms with Crippen LogP contribution in [0.5, 0.6) is 0 Å². The fraction of sp³-hybridized carbons (Fsp3) is 0.400. The SMILES string of the molecule is CCCN(C)Cc1c[nH]nc1-c1ccc(C)c(Cl)c1. The Kier molecular flexibility index (Phi) is 4.61. The van der Waals surface area contributed by atoms with E-state index in [0.29, 0.717) is 0 Å². The van der Waals surface area contributed by atoms with Gasteiger partial charge in [-0.3, -0.25) is 5.10 Å². The number of aromatic nitrogens is 2. The molecule has 0 unspecified atom stereocenters. The standard InChI is InChI=1S/C15H20ClN3/c1-4-7-19(3)10-13-9-17-18-15(13)12-6-5-11(2)14(16)8-12/h5-6,8-9H,4,7,10H2,1-3H3,(H,17,18). The Morgan fingerprint density at radius 2 is 2.16 bits per heavy atom. The topological polar surface area (TPSA) is 31.9 Å². The van der Waals surface area contributed by atoms with Crippen LogP contribution in [0.2, 0.25) is 5.02 Å². The van der Waals surface area contributed by atoms with Gasteiger partial charge in [0.25, 0.3) is 0 Å². The second kappa shape index (κ2) is 6.22. The minimum Gasteiger partial charge on any atom is -0.302 e. The number of H-pyrrole nitrogens is 1. The molecule has 19 heavy (non-hydrogen) atoms. The minimum absolute atomic E-state index is 0.786. The summed E-state index contributed by atoms with van der Waals surface area (Å²) in [5.41, 5.74) is 4.35. The Hall–Kier alpha value is -1.32. The summed E-state index contributed by atoms with van der Waals surface area (Å²) < 4.78 is 0. The molecule has 0 saturated heterocycles. The molecular formula is C15H20ClN3. The highest BCUT2D eigenvalue weighted by molar-refractivity contribution is 6.31. The van der Waals surface area contributed by atoms with Gasteiger partial charge < -0.3 is 4.90 Å². The number of hydrogen-bond acceptors (Lipinski definition) is 2. The summed E-state index contributed by atoms with van der Waals surface area (Å²) in [6, 6.07) is 6.09. The van der Waals surface area contributed by atoms with Gasteiger partial charge in [0.05, 0.1) is 5.69 Å². The van der Waals surface area contributed by atoms with E-state index in [0.717, 1.165) is 41.4 Å². The maximum atomic E-state index is 6.19. The number of halogens is 1. The summed E-state index contributed by atoms with van der Waals surface area (Å²) in [4.78, 5) is 2.30. The summed E-state index contributed by atoms with van der Waals surface area (Å²) in [5.74, 6) is 0. The number of benzene rings is 1. The molecule has 1 heterocycles. The van der Waals surface area contributed by atoms with E-state index in [4.69, 9.17) is 11.6 Å². The smallest absolute Gasteiger partial charge is 0.0966 e. The van der Waals surface area contributed by atoms with E-state index in [2.05, 4.69) is 35.1 Å². The normalized spacial score (nSPS) is 11.2. The van der Waals surface area contributed by atoms with Gasteiger partial charge in [-0.05, 0) is 38.6 Å². The van der Waals surface area contributed by atoms with Gasteiger partial charge >= 0.3 is 0 Å². The first-order valence-electron chi connectivity index (χ1n) is 6.59. The van der Waals surface area contributed by atoms with Crippen molar-refractivity contribution in [1.29, 1.82) is 0 Å². The number of hydrogen-bond donors (Lipinski definition) is 1. The zero-order valence-corrected chi connectivity index (χ0v) is 12.5. The van der Waals surface area contributed by atoms with Crippen LogP contribution in [0, 0.1) is 6.92 Å². The molecule has 0 aliphatic heterocycles. The third-order valence-corrected chi connectivity index (χ3v) is 3.62. The van der Waals surface area contributed by atoms with Crippen LogP contribution in [-0.2, 0) is 6.54 Å². The lowest BCUT2D eigenvalue weighted by Crippen LogP contribution is -2.18. The van der Waals surface area contributed by atoms with Crippen LogP contribution >= 0.6 is 11.6 Å². The van der Waals surface area contributed by atoms with Crippen LogP contribution in [0.4, 0.5) is 0 Å². The molecule has 1 aromatic carbocycles. The largest absolute Gasteiger partial charge is 0.302 e. The number of aromatic amines is 1. The number of nitrogens with one attached hydrogen (secondary N) is 1. The van der Waals surface area contributed by atoms with Crippen molar-refractivity contribution in [3.8, 4) is 11.3 Å². The maximum Gasteiger partial charge on any atom is 0.0966 e. The van der Waals surface area contributed by atoms with Gasteiger partial charge in [0.2, 0.25) is 0 Å². The molecule has 0 radical (unpaired) electrons. The minimum atomic E-state index is 0.786. The lowest BCUT2D eigenvalue weighted by atomic mass is 10.1. The van der Waals surface area contributed by atoms with Crippen LogP contribution in [0.25, 0.3) is 11.3 Å². The Bertz CT molecular complexity index is 548. The Labute approximate surface area is 119 Å². The zero-order valence-electron chi connectivity index (χ0n) is 11.7. The van der Waals surface area contributed by atoms with E-state index in [9.17, 15) is 0 Å². The fourth-order valence-electron chi connectivity index (χ4n) is 2.18. The van der Waals surface area contributed by atoms with Crippen molar-refractivity contribution in [1.82, 2.24) is 15.1 Å². The van der Waals surface area contributed by atoms with Crippen molar-refractivity contribution in [2.75, 3.05) is 13.6 Å². The van der Waals surface area contributed by atoms with Crippen LogP contribution in [0.15, 0.2) is 24.4 Å². The molecule has 0 aliphatic rings. The molecule has 1 N–H and O–H groups in total. The molecule has 0 aliphatic carbocycles. The van der Waals surface area contributed by atoms with Crippen molar-refractivity contribution < 1.29 is 0 Å². The molecular weight excluding hydrogens is 258 g/mol. The van der Waals surface area contributed by atoms with Crippen molar-refractivity contribution in [3.63, 3.8) is 0 Å². The Morgan fingerprint density at radius 3 is 2.84 bits per heavy atom. The van der Waals surface area contributed by atoms with Crippen molar-refractivity contribution in [2.24, 2.45) is 0 Å². The molecule has 0 fully saturated rings. The zero-order chi connectivity index (χ0) is 13.8. The van der Waals surface area contributed by atoms with Crippen molar-refractivity contribution in [2.45, 2.75) is 26.8 Å². The lowest BCUT2D eigenvalue weighted by Gasteiger charge is -2.15. The first-order valence-corrected chi connectivity index (χ1v) is 6.97. The van der Waals surface area contributed by atoms with Gasteiger partial charge in [0, 0.05) is 28.9 Å². The molecule has 2 aromatic rings. The van der Waals surface area contributed by atoms with Crippen molar-refractivity contribution >= 4 is 11.6 Å². The highest BCUT2D eigenvalue weighted by Gasteiger charge is 2.11. The number of rotatable bonds is 5. The highest BCUT2D eigenvalue weighted by Crippen LogP contribution is 2.26. The molecule has 4 heteroatoms. The van der Waals surface area contributed by atoms with Gasteiger partial charge in [0.15, 0.2) is 0 Å². The molecule has 0 bridgehead atoms. The third-order valence-electron chi connectivity index (χ3n) is 3.21. The van der Waals surface area contributed by atoms with Gasteiger partial charge in [-0.25, -0.2) is 0 Å². The average Bonchev–Trinajstić information content (AvgIpc) is 2.81. The van der Waals surface area contributed by atoms with Crippen molar-refractivity contribution in [3.05, 3.63) is 40.5 Å². The van der Waals surface area contributed by atoms with E-state index >= 15 is 0 Å². The first kappa shape index (κ1) is 14.1. The highest BCUT2D eigenvalue weighted by atomic mass is 35.5. The second-order valence-corrected chi connectivity index (χ2v) is 5.37. The van der Waals surface area contributed by atoms with Gasteiger partial charge in [0.1, 0.15) is 0 Å². The second-order valence-electron chi connectivity index (χ2n) is 4.96. The van der Waals surface area contributed by atoms with Gasteiger partial charge in [-0.15, -0.1) is 0 Å². The van der Waals surface area contributed by atoms with Gasteiger partial charge in [-0.1, -0.05) is 30.7 Å².